The Morgan fingerprint density at radius 2 is 2.16 bits per heavy atom. The molecule has 0 unspecified atom stereocenters. The van der Waals surface area contributed by atoms with Crippen molar-refractivity contribution in [1.82, 2.24) is 5.32 Å². The Labute approximate surface area is 113 Å². The summed E-state index contributed by atoms with van der Waals surface area (Å²) in [5.74, 6) is 0.525. The summed E-state index contributed by atoms with van der Waals surface area (Å²) in [7, 11) is 0. The molecule has 2 rings (SSSR count). The van der Waals surface area contributed by atoms with Crippen LogP contribution in [0.1, 0.15) is 31.2 Å². The maximum atomic E-state index is 11.9. The van der Waals surface area contributed by atoms with Gasteiger partial charge in [0.1, 0.15) is 5.75 Å². The maximum Gasteiger partial charge on any atom is 0.258 e. The Kier molecular flexibility index (Phi) is 4.43. The first-order chi connectivity index (χ1) is 9.13. The third-order valence-electron chi connectivity index (χ3n) is 3.63. The molecule has 1 saturated carbocycles. The van der Waals surface area contributed by atoms with Gasteiger partial charge in [-0.25, -0.2) is 0 Å². The summed E-state index contributed by atoms with van der Waals surface area (Å²) in [4.78, 5) is 11.9. The summed E-state index contributed by atoms with van der Waals surface area (Å²) in [6.07, 6.45) is 3.80. The van der Waals surface area contributed by atoms with E-state index in [0.29, 0.717) is 5.75 Å². The molecule has 0 aromatic heterocycles. The quantitative estimate of drug-likeness (QED) is 0.851. The first-order valence-corrected chi connectivity index (χ1v) is 6.75. The van der Waals surface area contributed by atoms with Crippen LogP contribution in [0.15, 0.2) is 24.3 Å². The lowest BCUT2D eigenvalue weighted by Crippen LogP contribution is -2.50. The topological polar surface area (TPSA) is 58.6 Å². The Morgan fingerprint density at radius 1 is 1.42 bits per heavy atom. The third kappa shape index (κ3) is 3.70. The average Bonchev–Trinajstić information content (AvgIpc) is 2.86. The van der Waals surface area contributed by atoms with Gasteiger partial charge in [0, 0.05) is 0 Å². The van der Waals surface area contributed by atoms with E-state index in [1.54, 1.807) is 0 Å². The van der Waals surface area contributed by atoms with Gasteiger partial charge in [-0.2, -0.15) is 0 Å². The highest BCUT2D eigenvalue weighted by Crippen LogP contribution is 2.28. The molecule has 0 spiro atoms. The molecular weight excluding hydrogens is 242 g/mol. The van der Waals surface area contributed by atoms with Crippen LogP contribution >= 0.6 is 0 Å². The van der Waals surface area contributed by atoms with E-state index >= 15 is 0 Å². The molecule has 104 valence electrons. The second kappa shape index (κ2) is 6.06. The number of aliphatic hydroxyl groups excluding tert-OH is 1. The Bertz CT molecular complexity index is 439. The molecule has 4 nitrogen and oxygen atoms in total. The van der Waals surface area contributed by atoms with Crippen LogP contribution in [0.2, 0.25) is 0 Å². The highest BCUT2D eigenvalue weighted by Gasteiger charge is 2.34. The Hall–Kier alpha value is -1.55. The number of carbonyl (C=O) groups is 1. The molecular formula is C15H21NO3. The summed E-state index contributed by atoms with van der Waals surface area (Å²) < 4.78 is 5.45. The molecule has 1 fully saturated rings. The monoisotopic (exact) mass is 263 g/mol. The fourth-order valence-corrected chi connectivity index (χ4v) is 2.56. The van der Waals surface area contributed by atoms with Gasteiger partial charge in [0.25, 0.3) is 5.91 Å². The minimum Gasteiger partial charge on any atom is -0.484 e. The van der Waals surface area contributed by atoms with Crippen molar-refractivity contribution in [1.29, 1.82) is 0 Å². The van der Waals surface area contributed by atoms with Gasteiger partial charge in [0.15, 0.2) is 6.61 Å². The number of hydrogen-bond donors (Lipinski definition) is 2. The van der Waals surface area contributed by atoms with Gasteiger partial charge in [0.2, 0.25) is 0 Å². The maximum absolute atomic E-state index is 11.9. The van der Waals surface area contributed by atoms with Crippen LogP contribution in [-0.4, -0.2) is 29.8 Å². The highest BCUT2D eigenvalue weighted by atomic mass is 16.5. The fourth-order valence-electron chi connectivity index (χ4n) is 2.56. The van der Waals surface area contributed by atoms with Crippen LogP contribution in [0.3, 0.4) is 0 Å². The normalized spacial score (nSPS) is 17.2. The number of rotatable bonds is 5. The molecule has 4 heteroatoms. The van der Waals surface area contributed by atoms with Crippen LogP contribution in [0.4, 0.5) is 0 Å². The van der Waals surface area contributed by atoms with Crippen molar-refractivity contribution in [3.63, 3.8) is 0 Å². The second-order valence-corrected chi connectivity index (χ2v) is 5.30. The molecule has 0 saturated heterocycles. The molecule has 19 heavy (non-hydrogen) atoms. The standard InChI is InChI=1S/C15H21NO3/c1-12-5-4-6-13(9-12)19-10-14(18)16-15(11-17)7-2-3-8-15/h4-6,9,17H,2-3,7-8,10-11H2,1H3,(H,16,18). The van der Waals surface area contributed by atoms with E-state index in [1.165, 1.54) is 0 Å². The summed E-state index contributed by atoms with van der Waals surface area (Å²) in [5.41, 5.74) is 0.674. The smallest absolute Gasteiger partial charge is 0.258 e. The van der Waals surface area contributed by atoms with Crippen molar-refractivity contribution in [2.24, 2.45) is 0 Å². The first-order valence-electron chi connectivity index (χ1n) is 6.75. The molecule has 1 aliphatic rings. The van der Waals surface area contributed by atoms with Gasteiger partial charge in [-0.3, -0.25) is 4.79 Å². The van der Waals surface area contributed by atoms with Crippen molar-refractivity contribution in [3.05, 3.63) is 29.8 Å². The largest absolute Gasteiger partial charge is 0.484 e. The van der Waals surface area contributed by atoms with Crippen LogP contribution in [0, 0.1) is 6.92 Å². The molecule has 1 aromatic rings. The molecule has 0 aliphatic heterocycles. The van der Waals surface area contributed by atoms with Crippen LogP contribution in [-0.2, 0) is 4.79 Å². The first kappa shape index (κ1) is 13.9. The van der Waals surface area contributed by atoms with E-state index in [2.05, 4.69) is 5.32 Å². The molecule has 0 heterocycles. The van der Waals surface area contributed by atoms with Gasteiger partial charge in [0.05, 0.1) is 12.1 Å². The number of nitrogens with one attached hydrogen (secondary N) is 1. The molecule has 0 bridgehead atoms. The molecule has 1 aromatic carbocycles. The lowest BCUT2D eigenvalue weighted by Gasteiger charge is -2.27. The number of benzene rings is 1. The zero-order valence-electron chi connectivity index (χ0n) is 11.3. The zero-order valence-corrected chi connectivity index (χ0v) is 11.3. The van der Waals surface area contributed by atoms with Crippen molar-refractivity contribution < 1.29 is 14.6 Å². The van der Waals surface area contributed by atoms with Gasteiger partial charge in [-0.1, -0.05) is 25.0 Å². The minimum absolute atomic E-state index is 0.00316. The van der Waals surface area contributed by atoms with Crippen LogP contribution in [0.5, 0.6) is 5.75 Å². The number of ether oxygens (including phenoxy) is 1. The van der Waals surface area contributed by atoms with E-state index in [9.17, 15) is 9.90 Å². The summed E-state index contributed by atoms with van der Waals surface area (Å²) >= 11 is 0. The molecule has 1 aliphatic carbocycles. The predicted molar refractivity (Wildman–Crippen MR) is 73.1 cm³/mol. The van der Waals surface area contributed by atoms with E-state index < -0.39 is 5.54 Å². The molecule has 2 N–H and O–H groups in total. The van der Waals surface area contributed by atoms with Crippen molar-refractivity contribution in [2.75, 3.05) is 13.2 Å². The van der Waals surface area contributed by atoms with Gasteiger partial charge < -0.3 is 15.2 Å². The van der Waals surface area contributed by atoms with Crippen molar-refractivity contribution >= 4 is 5.91 Å². The summed E-state index contributed by atoms with van der Waals surface area (Å²) in [5, 5.41) is 12.3. The predicted octanol–water partition coefficient (Wildman–Crippen LogP) is 1.80. The number of hydrogen-bond acceptors (Lipinski definition) is 3. The van der Waals surface area contributed by atoms with Crippen molar-refractivity contribution in [3.8, 4) is 5.75 Å². The molecule has 0 atom stereocenters. The third-order valence-corrected chi connectivity index (χ3v) is 3.63. The second-order valence-electron chi connectivity index (χ2n) is 5.30. The van der Waals surface area contributed by atoms with Crippen LogP contribution in [0.25, 0.3) is 0 Å². The van der Waals surface area contributed by atoms with Gasteiger partial charge in [-0.15, -0.1) is 0 Å². The lowest BCUT2D eigenvalue weighted by molar-refractivity contribution is -0.125. The number of carbonyl (C=O) groups excluding carboxylic acids is 1. The minimum atomic E-state index is -0.424. The number of aryl methyl sites for hydroxylation is 1. The number of aliphatic hydroxyl groups is 1. The number of amides is 1. The average molecular weight is 263 g/mol. The molecule has 0 radical (unpaired) electrons. The van der Waals surface area contributed by atoms with E-state index in [-0.39, 0.29) is 19.1 Å². The van der Waals surface area contributed by atoms with E-state index in [0.717, 1.165) is 31.2 Å². The van der Waals surface area contributed by atoms with Gasteiger partial charge in [-0.05, 0) is 37.5 Å². The lowest BCUT2D eigenvalue weighted by atomic mass is 9.99. The fraction of sp³-hybridized carbons (Fsp3) is 0.533. The summed E-state index contributed by atoms with van der Waals surface area (Å²) in [6, 6.07) is 7.60. The SMILES string of the molecule is Cc1cccc(OCC(=O)NC2(CO)CCCC2)c1. The van der Waals surface area contributed by atoms with Gasteiger partial charge >= 0.3 is 0 Å². The van der Waals surface area contributed by atoms with E-state index in [4.69, 9.17) is 4.74 Å². The summed E-state index contributed by atoms with van der Waals surface area (Å²) in [6.45, 7) is 1.97. The highest BCUT2D eigenvalue weighted by molar-refractivity contribution is 5.78. The Morgan fingerprint density at radius 3 is 2.79 bits per heavy atom. The zero-order chi connectivity index (χ0) is 13.7. The Balaban J connectivity index is 1.84. The van der Waals surface area contributed by atoms with Crippen LogP contribution < -0.4 is 10.1 Å². The van der Waals surface area contributed by atoms with Crippen molar-refractivity contribution in [2.45, 2.75) is 38.1 Å². The molecule has 1 amide bonds. The van der Waals surface area contributed by atoms with E-state index in [1.807, 2.05) is 31.2 Å².